The molecule has 5 nitrogen and oxygen atoms in total. The molecule has 1 aliphatic heterocycles. The number of aliphatic carboxylic acids is 1. The quantitative estimate of drug-likeness (QED) is 0.849. The fraction of sp³-hybridized carbons (Fsp3) is 0.417. The molecule has 0 bridgehead atoms. The Labute approximate surface area is 99.1 Å². The lowest BCUT2D eigenvalue weighted by molar-refractivity contribution is -0.141. The number of hydrogen-bond acceptors (Lipinski definition) is 3. The molecule has 90 valence electrons. The lowest BCUT2D eigenvalue weighted by Crippen LogP contribution is -2.29. The summed E-state index contributed by atoms with van der Waals surface area (Å²) in [7, 11) is 0. The van der Waals surface area contributed by atoms with E-state index in [1.165, 1.54) is 0 Å². The molecule has 0 saturated carbocycles. The highest BCUT2D eigenvalue weighted by atomic mass is 16.4. The first kappa shape index (κ1) is 11.6. The van der Waals surface area contributed by atoms with E-state index < -0.39 is 11.9 Å². The highest BCUT2D eigenvalue weighted by Gasteiger charge is 2.36. The minimum Gasteiger partial charge on any atom is -0.481 e. The van der Waals surface area contributed by atoms with E-state index in [-0.39, 0.29) is 24.9 Å². The molecule has 2 rings (SSSR count). The van der Waals surface area contributed by atoms with Crippen molar-refractivity contribution in [3.63, 3.8) is 0 Å². The van der Waals surface area contributed by atoms with Crippen LogP contribution in [0.15, 0.2) is 24.5 Å². The second-order valence-electron chi connectivity index (χ2n) is 4.25. The van der Waals surface area contributed by atoms with E-state index >= 15 is 0 Å². The van der Waals surface area contributed by atoms with Gasteiger partial charge in [0.2, 0.25) is 5.91 Å². The van der Waals surface area contributed by atoms with E-state index in [1.807, 2.05) is 13.0 Å². The van der Waals surface area contributed by atoms with Crippen LogP contribution >= 0.6 is 0 Å². The van der Waals surface area contributed by atoms with Gasteiger partial charge in [-0.05, 0) is 18.6 Å². The molecule has 0 radical (unpaired) electrons. The van der Waals surface area contributed by atoms with Crippen molar-refractivity contribution in [1.29, 1.82) is 0 Å². The third kappa shape index (κ3) is 2.27. The molecule has 1 saturated heterocycles. The number of carboxylic acid groups (broad SMARTS) is 1. The number of pyridine rings is 1. The van der Waals surface area contributed by atoms with Crippen LogP contribution in [0.5, 0.6) is 0 Å². The van der Waals surface area contributed by atoms with Crippen molar-refractivity contribution in [2.24, 2.45) is 5.92 Å². The number of carboxylic acids is 1. The van der Waals surface area contributed by atoms with Gasteiger partial charge < -0.3 is 10.0 Å². The molecule has 1 amide bonds. The van der Waals surface area contributed by atoms with Crippen LogP contribution in [0.2, 0.25) is 0 Å². The SMILES string of the molecule is C[C@@H](c1cccnc1)N1C[C@@H](C(=O)O)CC1=O. The molecule has 5 heteroatoms. The Bertz CT molecular complexity index is 433. The average molecular weight is 234 g/mol. The molecule has 2 atom stereocenters. The van der Waals surface area contributed by atoms with E-state index in [4.69, 9.17) is 5.11 Å². The molecule has 0 aromatic carbocycles. The second-order valence-corrected chi connectivity index (χ2v) is 4.25. The zero-order valence-electron chi connectivity index (χ0n) is 9.54. The predicted molar refractivity (Wildman–Crippen MR) is 60.1 cm³/mol. The van der Waals surface area contributed by atoms with Crippen molar-refractivity contribution in [3.05, 3.63) is 30.1 Å². The Hall–Kier alpha value is -1.91. The number of nitrogens with zero attached hydrogens (tertiary/aromatic N) is 2. The molecule has 2 heterocycles. The molecule has 0 unspecified atom stereocenters. The number of carbonyl (C=O) groups excluding carboxylic acids is 1. The van der Waals surface area contributed by atoms with Crippen molar-refractivity contribution < 1.29 is 14.7 Å². The van der Waals surface area contributed by atoms with E-state index in [1.54, 1.807) is 23.4 Å². The van der Waals surface area contributed by atoms with Gasteiger partial charge >= 0.3 is 5.97 Å². The van der Waals surface area contributed by atoms with Crippen molar-refractivity contribution in [2.75, 3.05) is 6.54 Å². The van der Waals surface area contributed by atoms with E-state index in [9.17, 15) is 9.59 Å². The maximum Gasteiger partial charge on any atom is 0.308 e. The Morgan fingerprint density at radius 1 is 1.65 bits per heavy atom. The summed E-state index contributed by atoms with van der Waals surface area (Å²) < 4.78 is 0. The summed E-state index contributed by atoms with van der Waals surface area (Å²) in [4.78, 5) is 28.2. The topological polar surface area (TPSA) is 70.5 Å². The monoisotopic (exact) mass is 234 g/mol. The minimum atomic E-state index is -0.903. The second kappa shape index (κ2) is 4.53. The number of likely N-dealkylation sites (tertiary alicyclic amines) is 1. The van der Waals surface area contributed by atoms with Crippen LogP contribution in [-0.4, -0.2) is 33.4 Å². The molecular formula is C12H14N2O3. The summed E-state index contributed by atoms with van der Waals surface area (Å²) >= 11 is 0. The first-order chi connectivity index (χ1) is 8.09. The summed E-state index contributed by atoms with van der Waals surface area (Å²) in [6, 6.07) is 3.57. The average Bonchev–Trinajstić information content (AvgIpc) is 2.72. The van der Waals surface area contributed by atoms with Gasteiger partial charge in [0.25, 0.3) is 0 Å². The Balaban J connectivity index is 2.14. The lowest BCUT2D eigenvalue weighted by Gasteiger charge is -2.24. The standard InChI is InChI=1S/C12H14N2O3/c1-8(9-3-2-4-13-6-9)14-7-10(12(16)17)5-11(14)15/h2-4,6,8,10H,5,7H2,1H3,(H,16,17)/t8-,10-/m0/s1. The molecule has 17 heavy (non-hydrogen) atoms. The number of amides is 1. The van der Waals surface area contributed by atoms with Crippen molar-refractivity contribution in [2.45, 2.75) is 19.4 Å². The summed E-state index contributed by atoms with van der Waals surface area (Å²) in [5.41, 5.74) is 0.923. The van der Waals surface area contributed by atoms with Crippen LogP contribution in [0.1, 0.15) is 24.9 Å². The maximum atomic E-state index is 11.7. The summed E-state index contributed by atoms with van der Waals surface area (Å²) in [6.07, 6.45) is 3.47. The number of rotatable bonds is 3. The number of carbonyl (C=O) groups is 2. The Morgan fingerprint density at radius 3 is 2.94 bits per heavy atom. The predicted octanol–water partition coefficient (Wildman–Crippen LogP) is 1.08. The van der Waals surface area contributed by atoms with Crippen LogP contribution < -0.4 is 0 Å². The molecule has 1 aromatic rings. The largest absolute Gasteiger partial charge is 0.481 e. The van der Waals surface area contributed by atoms with E-state index in [0.717, 1.165) is 5.56 Å². The van der Waals surface area contributed by atoms with Gasteiger partial charge in [0, 0.05) is 25.4 Å². The summed E-state index contributed by atoms with van der Waals surface area (Å²) in [5, 5.41) is 8.91. The molecule has 1 fully saturated rings. The molecule has 1 aliphatic rings. The van der Waals surface area contributed by atoms with Crippen LogP contribution in [0.3, 0.4) is 0 Å². The number of aromatic nitrogens is 1. The fourth-order valence-corrected chi connectivity index (χ4v) is 2.07. The van der Waals surface area contributed by atoms with Gasteiger partial charge in [0.05, 0.1) is 12.0 Å². The summed E-state index contributed by atoms with van der Waals surface area (Å²) in [5.74, 6) is -1.59. The van der Waals surface area contributed by atoms with Gasteiger partial charge in [-0.15, -0.1) is 0 Å². The normalized spacial score (nSPS) is 21.6. The van der Waals surface area contributed by atoms with E-state index in [2.05, 4.69) is 4.98 Å². The first-order valence-corrected chi connectivity index (χ1v) is 5.52. The first-order valence-electron chi connectivity index (χ1n) is 5.52. The zero-order valence-corrected chi connectivity index (χ0v) is 9.54. The number of hydrogen-bond donors (Lipinski definition) is 1. The smallest absolute Gasteiger partial charge is 0.308 e. The van der Waals surface area contributed by atoms with Gasteiger partial charge in [-0.2, -0.15) is 0 Å². The van der Waals surface area contributed by atoms with Crippen molar-refractivity contribution in [3.8, 4) is 0 Å². The molecule has 0 aliphatic carbocycles. The van der Waals surface area contributed by atoms with Gasteiger partial charge in [-0.25, -0.2) is 0 Å². The molecule has 1 aromatic heterocycles. The molecule has 0 spiro atoms. The van der Waals surface area contributed by atoms with Crippen LogP contribution in [0.25, 0.3) is 0 Å². The highest BCUT2D eigenvalue weighted by Crippen LogP contribution is 2.27. The van der Waals surface area contributed by atoms with Gasteiger partial charge in [-0.3, -0.25) is 14.6 Å². The Morgan fingerprint density at radius 2 is 2.41 bits per heavy atom. The van der Waals surface area contributed by atoms with Crippen molar-refractivity contribution in [1.82, 2.24) is 9.88 Å². The highest BCUT2D eigenvalue weighted by molar-refractivity contribution is 5.86. The van der Waals surface area contributed by atoms with Gasteiger partial charge in [0.15, 0.2) is 0 Å². The molecule has 1 N–H and O–H groups in total. The van der Waals surface area contributed by atoms with Gasteiger partial charge in [0.1, 0.15) is 0 Å². The lowest BCUT2D eigenvalue weighted by atomic mass is 10.1. The van der Waals surface area contributed by atoms with Crippen LogP contribution in [0, 0.1) is 5.92 Å². The van der Waals surface area contributed by atoms with Crippen LogP contribution in [-0.2, 0) is 9.59 Å². The van der Waals surface area contributed by atoms with Crippen molar-refractivity contribution >= 4 is 11.9 Å². The third-order valence-electron chi connectivity index (χ3n) is 3.14. The van der Waals surface area contributed by atoms with E-state index in [0.29, 0.717) is 0 Å². The fourth-order valence-electron chi connectivity index (χ4n) is 2.07. The molecular weight excluding hydrogens is 220 g/mol. The van der Waals surface area contributed by atoms with Gasteiger partial charge in [-0.1, -0.05) is 6.07 Å². The minimum absolute atomic E-state index is 0.0972. The summed E-state index contributed by atoms with van der Waals surface area (Å²) in [6.45, 7) is 2.17. The Kier molecular flexibility index (Phi) is 3.08. The maximum absolute atomic E-state index is 11.7. The van der Waals surface area contributed by atoms with Crippen LogP contribution in [0.4, 0.5) is 0 Å². The zero-order chi connectivity index (χ0) is 12.4. The third-order valence-corrected chi connectivity index (χ3v) is 3.14.